The molecule has 15 nitrogen and oxygen atoms in total. The topological polar surface area (TPSA) is 207 Å². The fourth-order valence-corrected chi connectivity index (χ4v) is 5.80. The third-order valence-electron chi connectivity index (χ3n) is 9.02. The number of benzene rings is 1. The second-order valence-corrected chi connectivity index (χ2v) is 15.5. The van der Waals surface area contributed by atoms with Gasteiger partial charge in [-0.2, -0.15) is 0 Å². The number of imidazole rings is 1. The molecule has 0 saturated heterocycles. The van der Waals surface area contributed by atoms with Gasteiger partial charge in [0.2, 0.25) is 29.4 Å². The summed E-state index contributed by atoms with van der Waals surface area (Å²) in [4.78, 5) is 93.6. The Labute approximate surface area is 351 Å². The number of aromatic nitrogens is 2. The van der Waals surface area contributed by atoms with Crippen LogP contribution < -0.4 is 26.6 Å². The van der Waals surface area contributed by atoms with E-state index < -0.39 is 65.7 Å². The number of rotatable bonds is 20. The molecule has 5 amide bonds. The molecule has 0 bridgehead atoms. The molecule has 5 N–H and O–H groups in total. The first-order valence-corrected chi connectivity index (χ1v) is 21.3. The summed E-state index contributed by atoms with van der Waals surface area (Å²) in [7, 11) is 0. The van der Waals surface area contributed by atoms with Crippen molar-refractivity contribution in [2.45, 2.75) is 169 Å². The average Bonchev–Trinajstić information content (AvgIpc) is 3.69. The number of amides is 5. The summed E-state index contributed by atoms with van der Waals surface area (Å²) in [5, 5.41) is 12.3. The van der Waals surface area contributed by atoms with E-state index in [2.05, 4.69) is 45.4 Å². The van der Waals surface area contributed by atoms with Crippen molar-refractivity contribution in [1.29, 1.82) is 0 Å². The fourth-order valence-electron chi connectivity index (χ4n) is 5.80. The molecule has 15 heteroatoms. The highest BCUT2D eigenvalue weighted by atomic mass is 16.6. The number of esters is 1. The van der Waals surface area contributed by atoms with E-state index in [1.54, 1.807) is 82.0 Å². The first kappa shape index (κ1) is 51.9. The molecule has 0 aliphatic heterocycles. The molecular formula is C44H71N7O8. The molecule has 3 unspecified atom stereocenters. The van der Waals surface area contributed by atoms with Crippen LogP contribution in [0.5, 0.6) is 0 Å². The molecule has 1 fully saturated rings. The van der Waals surface area contributed by atoms with Gasteiger partial charge < -0.3 is 35.9 Å². The number of Topliss-reactive ketones (excluding diaryl/α,β-unsaturated/α-hetero) is 1. The Bertz CT molecular complexity index is 1570. The van der Waals surface area contributed by atoms with Gasteiger partial charge in [-0.05, 0) is 39.7 Å². The number of unbranched alkanes of at least 4 members (excludes halogenated alkanes) is 2. The number of hydrogen-bond acceptors (Lipinski definition) is 9. The van der Waals surface area contributed by atoms with Crippen molar-refractivity contribution in [3.63, 3.8) is 0 Å². The lowest BCUT2D eigenvalue weighted by Crippen LogP contribution is -2.55. The summed E-state index contributed by atoms with van der Waals surface area (Å²) in [6.07, 6.45) is 17.0. The van der Waals surface area contributed by atoms with E-state index in [-0.39, 0.29) is 31.7 Å². The van der Waals surface area contributed by atoms with Gasteiger partial charge in [0.05, 0.1) is 31.2 Å². The summed E-state index contributed by atoms with van der Waals surface area (Å²) in [5.74, 6) is -5.29. The number of ether oxygens (including phenoxy) is 1. The Morgan fingerprint density at radius 1 is 0.729 bits per heavy atom. The standard InChI is InChI=1S/C33H47N7O8.C6H12.C5H12/c1-7-13-23(38-30(45)24(16-22-19-40(9-3)20-36-22)37-26(42)17-34-25(41)8-2)29(44)31(46)35-18-27(43)39-28(21-14-11-10-12-15-21)32(47)48-33(4,5)6;1-2-4-6-5-3-1;1-3-5-4-2/h10-12,14-15,19-20,23-24,28H,7-9,13,16-18H2,1-6H3,(H,34,41)(H,35,46)(H,37,42)(H,38,45)(H,39,43);1-6H2;3-5H2,1-2H3. The molecule has 2 aromatic rings. The van der Waals surface area contributed by atoms with Crippen molar-refractivity contribution in [3.8, 4) is 0 Å². The van der Waals surface area contributed by atoms with E-state index in [1.165, 1.54) is 57.8 Å². The number of carbonyl (C=O) groups excluding carboxylic acids is 7. The maximum Gasteiger partial charge on any atom is 0.333 e. The highest BCUT2D eigenvalue weighted by molar-refractivity contribution is 6.38. The van der Waals surface area contributed by atoms with E-state index in [4.69, 9.17) is 4.74 Å². The van der Waals surface area contributed by atoms with Gasteiger partial charge >= 0.3 is 5.97 Å². The Morgan fingerprint density at radius 2 is 1.31 bits per heavy atom. The van der Waals surface area contributed by atoms with Crippen molar-refractivity contribution < 1.29 is 38.3 Å². The number of hydrogen-bond donors (Lipinski definition) is 5. The minimum atomic E-state index is -1.27. The largest absolute Gasteiger partial charge is 0.458 e. The van der Waals surface area contributed by atoms with Crippen molar-refractivity contribution in [2.24, 2.45) is 0 Å². The fraction of sp³-hybridized carbons (Fsp3) is 0.636. The second kappa shape index (κ2) is 29.2. The predicted octanol–water partition coefficient (Wildman–Crippen LogP) is 5.16. The molecule has 330 valence electrons. The van der Waals surface area contributed by atoms with Gasteiger partial charge in [0.25, 0.3) is 5.91 Å². The molecule has 0 spiro atoms. The lowest BCUT2D eigenvalue weighted by Gasteiger charge is -2.25. The molecule has 59 heavy (non-hydrogen) atoms. The Hall–Kier alpha value is -5.08. The Morgan fingerprint density at radius 3 is 1.80 bits per heavy atom. The van der Waals surface area contributed by atoms with Crippen molar-refractivity contribution >= 4 is 41.3 Å². The van der Waals surface area contributed by atoms with Crippen LogP contribution in [-0.4, -0.2) is 81.6 Å². The third-order valence-corrected chi connectivity index (χ3v) is 9.02. The predicted molar refractivity (Wildman–Crippen MR) is 228 cm³/mol. The van der Waals surface area contributed by atoms with Gasteiger partial charge in [-0.3, -0.25) is 28.8 Å². The van der Waals surface area contributed by atoms with Gasteiger partial charge in [0, 0.05) is 25.6 Å². The molecule has 3 rings (SSSR count). The summed E-state index contributed by atoms with van der Waals surface area (Å²) in [6, 6.07) is 4.81. The minimum Gasteiger partial charge on any atom is -0.458 e. The first-order chi connectivity index (χ1) is 28.1. The van der Waals surface area contributed by atoms with Crippen molar-refractivity contribution in [1.82, 2.24) is 36.1 Å². The lowest BCUT2D eigenvalue weighted by molar-refractivity contribution is -0.158. The zero-order chi connectivity index (χ0) is 44.2. The normalized spacial score (nSPS) is 13.6. The van der Waals surface area contributed by atoms with Gasteiger partial charge in [-0.25, -0.2) is 9.78 Å². The van der Waals surface area contributed by atoms with E-state index in [0.717, 1.165) is 0 Å². The van der Waals surface area contributed by atoms with Gasteiger partial charge in [0.15, 0.2) is 6.04 Å². The molecule has 1 aromatic heterocycles. The number of carbonyl (C=O) groups is 7. The van der Waals surface area contributed by atoms with Crippen molar-refractivity contribution in [2.75, 3.05) is 13.1 Å². The zero-order valence-electron chi connectivity index (χ0n) is 36.7. The summed E-state index contributed by atoms with van der Waals surface area (Å²) >= 11 is 0. The Kier molecular flexibility index (Phi) is 25.7. The third kappa shape index (κ3) is 22.6. The highest BCUT2D eigenvalue weighted by Gasteiger charge is 2.32. The maximum atomic E-state index is 13.4. The number of nitrogens with one attached hydrogen (secondary N) is 5. The van der Waals surface area contributed by atoms with Crippen LogP contribution in [0, 0.1) is 0 Å². The minimum absolute atomic E-state index is 0.0219. The van der Waals surface area contributed by atoms with Gasteiger partial charge in [-0.15, -0.1) is 0 Å². The molecule has 1 saturated carbocycles. The van der Waals surface area contributed by atoms with E-state index in [9.17, 15) is 33.6 Å². The highest BCUT2D eigenvalue weighted by Crippen LogP contribution is 2.19. The monoisotopic (exact) mass is 826 g/mol. The quantitative estimate of drug-likeness (QED) is 0.0882. The summed E-state index contributed by atoms with van der Waals surface area (Å²) in [5.41, 5.74) is 0.138. The smallest absolute Gasteiger partial charge is 0.333 e. The van der Waals surface area contributed by atoms with Crippen LogP contribution in [0.2, 0.25) is 0 Å². The summed E-state index contributed by atoms with van der Waals surface area (Å²) in [6.45, 7) is 14.4. The SMILES string of the molecule is C1CCCCC1.CCCC(NC(=O)C(Cc1cn(CC)cn1)NC(=O)CNC(=O)CC)C(=O)C(=O)NCC(=O)NC(C(=O)OC(C)(C)C)c1ccccc1.CCCCC. The van der Waals surface area contributed by atoms with E-state index >= 15 is 0 Å². The molecule has 1 aromatic carbocycles. The summed E-state index contributed by atoms with van der Waals surface area (Å²) < 4.78 is 7.23. The van der Waals surface area contributed by atoms with E-state index in [0.29, 0.717) is 24.2 Å². The molecule has 3 atom stereocenters. The lowest BCUT2D eigenvalue weighted by atomic mass is 10.0. The Balaban J connectivity index is 0.00000137. The molecule has 1 aliphatic carbocycles. The van der Waals surface area contributed by atoms with Crippen LogP contribution in [0.4, 0.5) is 0 Å². The zero-order valence-corrected chi connectivity index (χ0v) is 36.7. The molecular weight excluding hydrogens is 755 g/mol. The van der Waals surface area contributed by atoms with Crippen LogP contribution in [0.25, 0.3) is 0 Å². The number of ketones is 1. The van der Waals surface area contributed by atoms with Crippen LogP contribution in [-0.2, 0) is 51.3 Å². The molecule has 1 aliphatic rings. The molecule has 1 heterocycles. The van der Waals surface area contributed by atoms with Crippen LogP contribution in [0.1, 0.15) is 150 Å². The van der Waals surface area contributed by atoms with Gasteiger partial charge in [0.1, 0.15) is 11.6 Å². The number of aryl methyl sites for hydroxylation is 1. The molecule has 0 radical (unpaired) electrons. The van der Waals surface area contributed by atoms with Crippen molar-refractivity contribution in [3.05, 3.63) is 54.1 Å². The van der Waals surface area contributed by atoms with Gasteiger partial charge in [-0.1, -0.05) is 122 Å². The van der Waals surface area contributed by atoms with Crippen LogP contribution in [0.3, 0.4) is 0 Å². The van der Waals surface area contributed by atoms with E-state index in [1.807, 2.05) is 6.92 Å². The average molecular weight is 826 g/mol. The van der Waals surface area contributed by atoms with Crippen LogP contribution >= 0.6 is 0 Å². The maximum absolute atomic E-state index is 13.4. The van der Waals surface area contributed by atoms with Crippen LogP contribution in [0.15, 0.2) is 42.9 Å². The number of nitrogens with zero attached hydrogens (tertiary/aromatic N) is 2. The first-order valence-electron chi connectivity index (χ1n) is 21.3. The second-order valence-electron chi connectivity index (χ2n) is 15.5.